The van der Waals surface area contributed by atoms with Crippen molar-refractivity contribution in [3.63, 3.8) is 0 Å². The summed E-state index contributed by atoms with van der Waals surface area (Å²) in [5.74, 6) is 0. The molecule has 0 saturated heterocycles. The molecule has 0 saturated carbocycles. The quantitative estimate of drug-likeness (QED) is 0.311. The van der Waals surface area contributed by atoms with Gasteiger partial charge >= 0.3 is 0 Å². The molecule has 0 aliphatic rings. The zero-order chi connectivity index (χ0) is 2.71. The molecular formula is H5NOS2. The zero-order valence-corrected chi connectivity index (χ0v) is 3.80. The van der Waals surface area contributed by atoms with Gasteiger partial charge in [-0.25, -0.2) is 0 Å². The van der Waals surface area contributed by atoms with Gasteiger partial charge in [0, 0.05) is 0 Å². The summed E-state index contributed by atoms with van der Waals surface area (Å²) in [4.78, 5) is 0. The van der Waals surface area contributed by atoms with E-state index in [2.05, 4.69) is 29.4 Å². The topological polar surface area (TPSA) is 44.2 Å². The predicted octanol–water partition coefficient (Wildman–Crippen LogP) is 0.855. The Bertz CT molecular complexity index is 6.00. The third-order valence-corrected chi connectivity index (χ3v) is 0. The Labute approximate surface area is 36.4 Å². The van der Waals surface area contributed by atoms with Gasteiger partial charge < -0.3 is 6.15 Å². The van der Waals surface area contributed by atoms with Gasteiger partial charge in [0.05, 0.1) is 0 Å². The predicted molar refractivity (Wildman–Crippen MR) is 24.1 cm³/mol. The van der Waals surface area contributed by atoms with Crippen LogP contribution in [-0.2, 0) is 3.63 Å². The Kier molecular flexibility index (Phi) is 20.9. The third kappa shape index (κ3) is 17.9. The highest BCUT2D eigenvalue weighted by molar-refractivity contribution is 7.89. The number of hydrogen-bond acceptors (Lipinski definition) is 4. The van der Waals surface area contributed by atoms with Crippen molar-refractivity contribution in [1.29, 1.82) is 0 Å². The Hall–Kier alpha value is 0.620. The molecule has 0 rings (SSSR count). The van der Waals surface area contributed by atoms with Crippen molar-refractivity contribution in [2.75, 3.05) is 0 Å². The minimum Gasteiger partial charge on any atom is -0.344 e. The first-order valence-corrected chi connectivity index (χ1v) is 1.10. The van der Waals surface area contributed by atoms with Crippen molar-refractivity contribution in [3.8, 4) is 0 Å². The second-order valence-electron chi connectivity index (χ2n) is 0.0816. The van der Waals surface area contributed by atoms with Crippen molar-refractivity contribution < 1.29 is 3.63 Å². The van der Waals surface area contributed by atoms with E-state index in [1.165, 1.54) is 0 Å². The van der Waals surface area contributed by atoms with Crippen LogP contribution in [0.5, 0.6) is 0 Å². The molecule has 2 nitrogen and oxygen atoms in total. The molecule has 4 heteroatoms. The maximum atomic E-state index is 3.64. The Morgan fingerprint density at radius 3 is 1.25 bits per heavy atom. The lowest BCUT2D eigenvalue weighted by Gasteiger charge is -1.55. The lowest BCUT2D eigenvalue weighted by atomic mass is 14.0. The van der Waals surface area contributed by atoms with Crippen molar-refractivity contribution >= 4 is 25.8 Å². The lowest BCUT2D eigenvalue weighted by molar-refractivity contribution is 0.791. The molecule has 0 aliphatic heterocycles. The van der Waals surface area contributed by atoms with Crippen LogP contribution in [0.3, 0.4) is 0 Å². The van der Waals surface area contributed by atoms with Gasteiger partial charge in [0.15, 0.2) is 0 Å². The molecule has 0 bridgehead atoms. The average molecular weight is 99.2 g/mol. The maximum Gasteiger partial charge on any atom is -0.00944 e. The standard InChI is InChI=1S/H3N.H2OS2/c;2-1-3/h1H3;2-3H. The fourth-order valence-corrected chi connectivity index (χ4v) is 0. The van der Waals surface area contributed by atoms with Gasteiger partial charge in [-0.05, 0) is 25.8 Å². The maximum absolute atomic E-state index is 3.64. The molecule has 0 unspecified atom stereocenters. The molecule has 28 valence electrons. The smallest absolute Gasteiger partial charge is 0.00944 e. The van der Waals surface area contributed by atoms with E-state index in [1.807, 2.05) is 0 Å². The van der Waals surface area contributed by atoms with Gasteiger partial charge in [-0.15, -0.1) is 0 Å². The fourth-order valence-electron chi connectivity index (χ4n) is 0. The third-order valence-electron chi connectivity index (χ3n) is 0. The summed E-state index contributed by atoms with van der Waals surface area (Å²) in [6.07, 6.45) is 0. The molecule has 0 aliphatic carbocycles. The second kappa shape index (κ2) is 9.47. The van der Waals surface area contributed by atoms with Gasteiger partial charge in [0.1, 0.15) is 0 Å². The number of hydrogen-bond donors (Lipinski definition) is 3. The average Bonchev–Trinajstić information content (AvgIpc) is 0.918. The summed E-state index contributed by atoms with van der Waals surface area (Å²) < 4.78 is 3.64. The Morgan fingerprint density at radius 2 is 1.25 bits per heavy atom. The molecule has 0 aromatic carbocycles. The first kappa shape index (κ1) is 8.82. The molecule has 0 aromatic heterocycles. The van der Waals surface area contributed by atoms with Crippen LogP contribution < -0.4 is 6.15 Å². The molecule has 0 radical (unpaired) electrons. The van der Waals surface area contributed by atoms with Crippen LogP contribution in [0.2, 0.25) is 0 Å². The van der Waals surface area contributed by atoms with Gasteiger partial charge in [-0.2, -0.15) is 0 Å². The number of rotatable bonds is 0. The second-order valence-corrected chi connectivity index (χ2v) is 0.735. The van der Waals surface area contributed by atoms with Crippen molar-refractivity contribution in [2.45, 2.75) is 0 Å². The van der Waals surface area contributed by atoms with E-state index < -0.39 is 0 Å². The van der Waals surface area contributed by atoms with Crippen LogP contribution in [0.15, 0.2) is 0 Å². The summed E-state index contributed by atoms with van der Waals surface area (Å²) in [5, 5.41) is 0. The van der Waals surface area contributed by atoms with E-state index in [4.69, 9.17) is 0 Å². The molecule has 0 heterocycles. The van der Waals surface area contributed by atoms with Crippen LogP contribution in [0, 0.1) is 0 Å². The number of thiol groups is 2. The van der Waals surface area contributed by atoms with Gasteiger partial charge in [0.2, 0.25) is 0 Å². The first-order valence-electron chi connectivity index (χ1n) is 0.365. The summed E-state index contributed by atoms with van der Waals surface area (Å²) in [5.41, 5.74) is 0. The minimum absolute atomic E-state index is 0. The highest BCUT2D eigenvalue weighted by Gasteiger charge is 1.29. The van der Waals surface area contributed by atoms with Gasteiger partial charge in [0.25, 0.3) is 0 Å². The van der Waals surface area contributed by atoms with E-state index in [0.717, 1.165) is 0 Å². The molecule has 0 aromatic rings. The highest BCUT2D eigenvalue weighted by Crippen LogP contribution is 1.75. The van der Waals surface area contributed by atoms with Crippen LogP contribution in [-0.4, -0.2) is 0 Å². The molecule has 4 heavy (non-hydrogen) atoms. The summed E-state index contributed by atoms with van der Waals surface area (Å²) >= 11 is 6.31. The Morgan fingerprint density at radius 1 is 1.25 bits per heavy atom. The first-order chi connectivity index (χ1) is 1.41. The van der Waals surface area contributed by atoms with Crippen LogP contribution in [0.1, 0.15) is 0 Å². The van der Waals surface area contributed by atoms with Gasteiger partial charge in [-0.3, -0.25) is 3.63 Å². The van der Waals surface area contributed by atoms with Gasteiger partial charge in [-0.1, -0.05) is 0 Å². The monoisotopic (exact) mass is 99.0 g/mol. The van der Waals surface area contributed by atoms with E-state index >= 15 is 0 Å². The molecule has 0 amide bonds. The SMILES string of the molecule is N.SOS. The summed E-state index contributed by atoms with van der Waals surface area (Å²) in [6.45, 7) is 0. The van der Waals surface area contributed by atoms with E-state index in [0.29, 0.717) is 0 Å². The van der Waals surface area contributed by atoms with E-state index in [1.54, 1.807) is 0 Å². The minimum atomic E-state index is 0. The van der Waals surface area contributed by atoms with Crippen LogP contribution >= 0.6 is 25.8 Å². The molecular weight excluding hydrogens is 94.1 g/mol. The van der Waals surface area contributed by atoms with Crippen molar-refractivity contribution in [1.82, 2.24) is 6.15 Å². The molecule has 3 N–H and O–H groups in total. The highest BCUT2D eigenvalue weighted by atomic mass is 32.2. The van der Waals surface area contributed by atoms with Crippen molar-refractivity contribution in [3.05, 3.63) is 0 Å². The summed E-state index contributed by atoms with van der Waals surface area (Å²) in [7, 11) is 0. The van der Waals surface area contributed by atoms with Crippen LogP contribution in [0.25, 0.3) is 0 Å². The molecule has 0 atom stereocenters. The zero-order valence-electron chi connectivity index (χ0n) is 2.01. The molecule has 0 spiro atoms. The Balaban J connectivity index is 0. The largest absolute Gasteiger partial charge is 0.344 e. The van der Waals surface area contributed by atoms with E-state index in [-0.39, 0.29) is 6.15 Å². The van der Waals surface area contributed by atoms with Crippen LogP contribution in [0.4, 0.5) is 0 Å². The van der Waals surface area contributed by atoms with Crippen molar-refractivity contribution in [2.24, 2.45) is 0 Å². The summed E-state index contributed by atoms with van der Waals surface area (Å²) in [6, 6.07) is 0. The molecule has 0 fully saturated rings. The normalized spacial score (nSPS) is 4.50. The van der Waals surface area contributed by atoms with E-state index in [9.17, 15) is 0 Å². The fraction of sp³-hybridized carbons (Fsp3) is 0. The lowest BCUT2D eigenvalue weighted by Crippen LogP contribution is -1.17.